The number of aliphatic hydroxyl groups excluding tert-OH is 1. The Morgan fingerprint density at radius 1 is 1.21 bits per heavy atom. The second kappa shape index (κ2) is 6.97. The van der Waals surface area contributed by atoms with E-state index in [0.717, 1.165) is 0 Å². The molecule has 1 aliphatic heterocycles. The van der Waals surface area contributed by atoms with E-state index >= 15 is 0 Å². The summed E-state index contributed by atoms with van der Waals surface area (Å²) in [5, 5.41) is 16.7. The van der Waals surface area contributed by atoms with Crippen LogP contribution in [0.1, 0.15) is 24.5 Å². The largest absolute Gasteiger partial charge is 0.388 e. The van der Waals surface area contributed by atoms with E-state index in [4.69, 9.17) is 0 Å². The van der Waals surface area contributed by atoms with Crippen LogP contribution in [0.25, 0.3) is 22.2 Å². The number of benzene rings is 2. The van der Waals surface area contributed by atoms with Gasteiger partial charge in [-0.1, -0.05) is 42.5 Å². The summed E-state index contributed by atoms with van der Waals surface area (Å²) >= 11 is 0. The van der Waals surface area contributed by atoms with Crippen molar-refractivity contribution < 1.29 is 23.5 Å². The number of para-hydroxylation sites is 1. The monoisotopic (exact) mass is 399 g/mol. The van der Waals surface area contributed by atoms with Gasteiger partial charge in [0.25, 0.3) is 12.3 Å². The quantitative estimate of drug-likeness (QED) is 0.543. The van der Waals surface area contributed by atoms with E-state index in [1.807, 2.05) is 6.07 Å². The summed E-state index contributed by atoms with van der Waals surface area (Å²) in [6.45, 7) is 1.24. The minimum absolute atomic E-state index is 0.0254. The van der Waals surface area contributed by atoms with Crippen molar-refractivity contribution >= 4 is 22.7 Å². The van der Waals surface area contributed by atoms with Crippen molar-refractivity contribution in [1.29, 1.82) is 0 Å². The number of aromatic nitrogens is 1. The van der Waals surface area contributed by atoms with E-state index in [9.17, 15) is 23.5 Å². The molecule has 2 amide bonds. The number of alkyl halides is 2. The van der Waals surface area contributed by atoms with E-state index in [2.05, 4.69) is 15.6 Å². The maximum Gasteiger partial charge on any atom is 0.263 e. The number of nitrogens with one attached hydrogen (secondary N) is 3. The summed E-state index contributed by atoms with van der Waals surface area (Å²) in [5.41, 5.74) is 0.278. The number of hydrogen-bond acceptors (Lipinski definition) is 3. The molecule has 0 radical (unpaired) electrons. The van der Waals surface area contributed by atoms with Crippen molar-refractivity contribution in [1.82, 2.24) is 15.6 Å². The zero-order valence-corrected chi connectivity index (χ0v) is 15.5. The van der Waals surface area contributed by atoms with Crippen LogP contribution < -0.4 is 10.6 Å². The van der Waals surface area contributed by atoms with E-state index in [1.165, 1.54) is 31.2 Å². The molecule has 3 aromatic rings. The molecule has 8 heteroatoms. The minimum atomic E-state index is -2.60. The molecular weight excluding hydrogens is 380 g/mol. The smallest absolute Gasteiger partial charge is 0.263 e. The molecule has 4 rings (SSSR count). The number of halogens is 2. The molecule has 150 valence electrons. The Morgan fingerprint density at radius 2 is 1.90 bits per heavy atom. The first-order valence-electron chi connectivity index (χ1n) is 9.09. The fourth-order valence-corrected chi connectivity index (χ4v) is 3.96. The third kappa shape index (κ3) is 2.96. The predicted molar refractivity (Wildman–Crippen MR) is 103 cm³/mol. The van der Waals surface area contributed by atoms with Crippen molar-refractivity contribution in [2.45, 2.75) is 25.0 Å². The van der Waals surface area contributed by atoms with Crippen LogP contribution in [0.3, 0.4) is 0 Å². The van der Waals surface area contributed by atoms with Crippen LogP contribution in [-0.2, 0) is 15.1 Å². The first-order chi connectivity index (χ1) is 13.8. The average molecular weight is 399 g/mol. The second-order valence-electron chi connectivity index (χ2n) is 7.06. The van der Waals surface area contributed by atoms with Gasteiger partial charge in [-0.15, -0.1) is 0 Å². The molecule has 29 heavy (non-hydrogen) atoms. The highest BCUT2D eigenvalue weighted by molar-refractivity contribution is 6.03. The van der Waals surface area contributed by atoms with Crippen molar-refractivity contribution in [2.75, 3.05) is 6.54 Å². The SMILES string of the molecule is CC(=O)N[C@]1(c2c(-c3ccc(C(F)F)cc3)[nH]c3ccccc23)C(=O)NC[C@H]1O. The molecule has 1 saturated heterocycles. The Bertz CT molecular complexity index is 1090. The fraction of sp³-hybridized carbons (Fsp3) is 0.238. The molecule has 0 unspecified atom stereocenters. The van der Waals surface area contributed by atoms with Crippen molar-refractivity contribution in [2.24, 2.45) is 0 Å². The molecule has 2 heterocycles. The molecule has 1 aliphatic rings. The number of aromatic amines is 1. The highest BCUT2D eigenvalue weighted by Crippen LogP contribution is 2.41. The summed E-state index contributed by atoms with van der Waals surface area (Å²) in [6.07, 6.45) is -3.81. The van der Waals surface area contributed by atoms with Gasteiger partial charge in [0.1, 0.15) is 6.10 Å². The number of amides is 2. The number of fused-ring (bicyclic) bond motifs is 1. The molecule has 2 aromatic carbocycles. The number of carbonyl (C=O) groups is 2. The summed E-state index contributed by atoms with van der Waals surface area (Å²) < 4.78 is 25.9. The molecule has 6 nitrogen and oxygen atoms in total. The van der Waals surface area contributed by atoms with Crippen molar-refractivity contribution in [3.05, 3.63) is 59.7 Å². The normalized spacial score (nSPS) is 21.6. The zero-order chi connectivity index (χ0) is 20.8. The highest BCUT2D eigenvalue weighted by Gasteiger charge is 2.54. The van der Waals surface area contributed by atoms with E-state index in [-0.39, 0.29) is 12.1 Å². The Kier molecular flexibility index (Phi) is 4.58. The number of carbonyl (C=O) groups excluding carboxylic acids is 2. The van der Waals surface area contributed by atoms with Crippen LogP contribution in [0.2, 0.25) is 0 Å². The minimum Gasteiger partial charge on any atom is -0.388 e. The Balaban J connectivity index is 2.01. The third-order valence-electron chi connectivity index (χ3n) is 5.24. The lowest BCUT2D eigenvalue weighted by molar-refractivity contribution is -0.133. The molecule has 1 aromatic heterocycles. The second-order valence-corrected chi connectivity index (χ2v) is 7.06. The third-order valence-corrected chi connectivity index (χ3v) is 5.24. The highest BCUT2D eigenvalue weighted by atomic mass is 19.3. The number of H-pyrrole nitrogens is 1. The van der Waals surface area contributed by atoms with Gasteiger partial charge in [-0.05, 0) is 11.6 Å². The molecule has 0 aliphatic carbocycles. The number of β-amino-alcohol motifs (C(OH)–C–C–N with tert-alkyl or cyclic N) is 1. The lowest BCUT2D eigenvalue weighted by Crippen LogP contribution is -2.56. The van der Waals surface area contributed by atoms with Crippen molar-refractivity contribution in [3.8, 4) is 11.3 Å². The predicted octanol–water partition coefficient (Wildman–Crippen LogP) is 2.59. The lowest BCUT2D eigenvalue weighted by atomic mass is 9.82. The number of aliphatic hydroxyl groups is 1. The molecule has 0 saturated carbocycles. The first kappa shape index (κ1) is 19.1. The van der Waals surface area contributed by atoms with Gasteiger partial charge in [0.05, 0.1) is 5.69 Å². The topological polar surface area (TPSA) is 94.2 Å². The van der Waals surface area contributed by atoms with Gasteiger partial charge in [0, 0.05) is 35.5 Å². The van der Waals surface area contributed by atoms with Crippen molar-refractivity contribution in [3.63, 3.8) is 0 Å². The van der Waals surface area contributed by atoms with Crippen LogP contribution >= 0.6 is 0 Å². The van der Waals surface area contributed by atoms with Gasteiger partial charge in [-0.25, -0.2) is 8.78 Å². The molecule has 1 fully saturated rings. The Labute approximate surface area is 164 Å². The van der Waals surface area contributed by atoms with Crippen LogP contribution in [-0.4, -0.2) is 34.6 Å². The van der Waals surface area contributed by atoms with E-state index in [1.54, 1.807) is 18.2 Å². The Hall–Kier alpha value is -3.26. The summed E-state index contributed by atoms with van der Waals surface area (Å²) in [4.78, 5) is 28.1. The van der Waals surface area contributed by atoms with Gasteiger partial charge < -0.3 is 20.7 Å². The maximum absolute atomic E-state index is 13.0. The fourth-order valence-electron chi connectivity index (χ4n) is 3.96. The standard InChI is InChI=1S/C21H19F2N3O3/c1-11(27)26-21(16(28)10-24-20(21)29)17-14-4-2-3-5-15(14)25-18(17)12-6-8-13(9-7-12)19(22)23/h2-9,16,19,25,28H,10H2,1H3,(H,24,29)(H,26,27)/t16-,21-/m1/s1. The van der Waals surface area contributed by atoms with Crippen LogP contribution in [0.4, 0.5) is 8.78 Å². The Morgan fingerprint density at radius 3 is 2.48 bits per heavy atom. The average Bonchev–Trinajstić information content (AvgIpc) is 3.21. The number of hydrogen-bond donors (Lipinski definition) is 4. The van der Waals surface area contributed by atoms with Gasteiger partial charge in [-0.3, -0.25) is 9.59 Å². The molecular formula is C21H19F2N3O3. The maximum atomic E-state index is 13.0. The van der Waals surface area contributed by atoms with Gasteiger partial charge in [-0.2, -0.15) is 0 Å². The summed E-state index contributed by atoms with van der Waals surface area (Å²) in [6, 6.07) is 12.8. The van der Waals surface area contributed by atoms with Gasteiger partial charge >= 0.3 is 0 Å². The van der Waals surface area contributed by atoms with Gasteiger partial charge in [0.2, 0.25) is 5.91 Å². The molecule has 4 N–H and O–H groups in total. The van der Waals surface area contributed by atoms with E-state index < -0.39 is 29.9 Å². The van der Waals surface area contributed by atoms with Crippen LogP contribution in [0, 0.1) is 0 Å². The molecule has 0 bridgehead atoms. The summed E-state index contributed by atoms with van der Waals surface area (Å²) in [5.74, 6) is -1.01. The molecule has 2 atom stereocenters. The molecule has 0 spiro atoms. The summed E-state index contributed by atoms with van der Waals surface area (Å²) in [7, 11) is 0. The lowest BCUT2D eigenvalue weighted by Gasteiger charge is -2.31. The zero-order valence-electron chi connectivity index (χ0n) is 15.5. The van der Waals surface area contributed by atoms with E-state index in [0.29, 0.717) is 27.7 Å². The van der Waals surface area contributed by atoms with Gasteiger partial charge in [0.15, 0.2) is 5.54 Å². The first-order valence-corrected chi connectivity index (χ1v) is 9.09. The van der Waals surface area contributed by atoms with Crippen LogP contribution in [0.5, 0.6) is 0 Å². The van der Waals surface area contributed by atoms with Crippen LogP contribution in [0.15, 0.2) is 48.5 Å². The number of rotatable bonds is 4.